The molecule has 0 radical (unpaired) electrons. The van der Waals surface area contributed by atoms with Crippen molar-refractivity contribution in [2.45, 2.75) is 32.6 Å². The van der Waals surface area contributed by atoms with Gasteiger partial charge in [-0.3, -0.25) is 4.79 Å². The van der Waals surface area contributed by atoms with E-state index in [4.69, 9.17) is 9.26 Å². The van der Waals surface area contributed by atoms with Crippen LogP contribution in [0.25, 0.3) is 0 Å². The molecule has 23 heavy (non-hydrogen) atoms. The lowest BCUT2D eigenvalue weighted by atomic mass is 10.1. The maximum absolute atomic E-state index is 12.0. The summed E-state index contributed by atoms with van der Waals surface area (Å²) in [6.45, 7) is 4.46. The summed E-state index contributed by atoms with van der Waals surface area (Å²) >= 11 is 0. The average molecular weight is 318 g/mol. The number of nitrogens with one attached hydrogen (secondary N) is 1. The molecule has 2 rings (SSSR count). The molecule has 0 saturated carbocycles. The third-order valence-corrected chi connectivity index (χ3v) is 3.85. The maximum Gasteiger partial charge on any atom is 0.289 e. The van der Waals surface area contributed by atoms with Crippen LogP contribution < -0.4 is 10.1 Å². The number of hydrogen-bond donors (Lipinski definition) is 2. The Hall–Kier alpha value is -2.50. The summed E-state index contributed by atoms with van der Waals surface area (Å²) in [4.78, 5) is 12.0. The van der Waals surface area contributed by atoms with Crippen molar-refractivity contribution in [2.75, 3.05) is 13.7 Å². The Morgan fingerprint density at radius 3 is 2.96 bits per heavy atom. The molecule has 1 atom stereocenters. The molecule has 1 amide bonds. The minimum absolute atomic E-state index is 0.1000. The van der Waals surface area contributed by atoms with Gasteiger partial charge in [-0.25, -0.2) is 0 Å². The van der Waals surface area contributed by atoms with Crippen molar-refractivity contribution in [2.24, 2.45) is 0 Å². The maximum atomic E-state index is 12.0. The van der Waals surface area contributed by atoms with E-state index in [1.54, 1.807) is 24.3 Å². The van der Waals surface area contributed by atoms with E-state index in [2.05, 4.69) is 17.4 Å². The molecule has 0 aliphatic heterocycles. The van der Waals surface area contributed by atoms with E-state index in [-0.39, 0.29) is 23.3 Å². The van der Waals surface area contributed by atoms with Crippen LogP contribution in [0.5, 0.6) is 11.5 Å². The number of phenols is 1. The Balaban J connectivity index is 1.91. The van der Waals surface area contributed by atoms with Gasteiger partial charge >= 0.3 is 0 Å². The normalized spacial score (nSPS) is 12.0. The van der Waals surface area contributed by atoms with E-state index in [0.29, 0.717) is 24.3 Å². The summed E-state index contributed by atoms with van der Waals surface area (Å²) in [5.74, 6) is 0.670. The number of carbonyl (C=O) groups is 1. The Bertz CT molecular complexity index is 666. The molecular formula is C17H22N2O4. The second-order valence-electron chi connectivity index (χ2n) is 5.40. The first-order valence-electron chi connectivity index (χ1n) is 7.66. The van der Waals surface area contributed by atoms with Gasteiger partial charge in [0, 0.05) is 18.5 Å². The lowest BCUT2D eigenvalue weighted by Crippen LogP contribution is -2.25. The van der Waals surface area contributed by atoms with Crippen molar-refractivity contribution in [3.05, 3.63) is 41.3 Å². The molecule has 0 fully saturated rings. The van der Waals surface area contributed by atoms with Crippen molar-refractivity contribution in [3.8, 4) is 11.5 Å². The fourth-order valence-corrected chi connectivity index (χ4v) is 2.17. The van der Waals surface area contributed by atoms with E-state index in [1.165, 1.54) is 7.11 Å². The topological polar surface area (TPSA) is 84.6 Å². The van der Waals surface area contributed by atoms with Crippen LogP contribution in [-0.2, 0) is 6.42 Å². The van der Waals surface area contributed by atoms with E-state index in [1.807, 2.05) is 6.92 Å². The fraction of sp³-hybridized carbons (Fsp3) is 0.412. The van der Waals surface area contributed by atoms with Gasteiger partial charge in [0.05, 0.1) is 12.8 Å². The summed E-state index contributed by atoms with van der Waals surface area (Å²) in [5, 5.41) is 16.7. The van der Waals surface area contributed by atoms with Gasteiger partial charge in [-0.05, 0) is 24.5 Å². The molecule has 0 spiro atoms. The predicted molar refractivity (Wildman–Crippen MR) is 85.9 cm³/mol. The predicted octanol–water partition coefficient (Wildman–Crippen LogP) is 2.87. The Morgan fingerprint density at radius 1 is 1.48 bits per heavy atom. The zero-order valence-corrected chi connectivity index (χ0v) is 13.6. The SMILES string of the molecule is CC[C@H](C)c1cc(C(=O)NCCc2cccc(OC)c2O)on1. The smallest absolute Gasteiger partial charge is 0.289 e. The zero-order chi connectivity index (χ0) is 16.8. The second-order valence-corrected chi connectivity index (χ2v) is 5.40. The van der Waals surface area contributed by atoms with E-state index in [9.17, 15) is 9.90 Å². The minimum Gasteiger partial charge on any atom is -0.504 e. The van der Waals surface area contributed by atoms with Crippen LogP contribution in [0.3, 0.4) is 0 Å². The molecule has 0 unspecified atom stereocenters. The highest BCUT2D eigenvalue weighted by Gasteiger charge is 2.16. The van der Waals surface area contributed by atoms with Crippen molar-refractivity contribution in [1.82, 2.24) is 10.5 Å². The van der Waals surface area contributed by atoms with Gasteiger partial charge in [-0.2, -0.15) is 0 Å². The summed E-state index contributed by atoms with van der Waals surface area (Å²) in [6, 6.07) is 6.94. The van der Waals surface area contributed by atoms with Gasteiger partial charge in [0.15, 0.2) is 11.5 Å². The number of aromatic nitrogens is 1. The molecule has 1 aromatic heterocycles. The third kappa shape index (κ3) is 4.03. The first kappa shape index (κ1) is 16.9. The summed E-state index contributed by atoms with van der Waals surface area (Å²) in [7, 11) is 1.50. The van der Waals surface area contributed by atoms with Crippen LogP contribution >= 0.6 is 0 Å². The molecule has 124 valence electrons. The van der Waals surface area contributed by atoms with Gasteiger partial charge in [-0.1, -0.05) is 31.1 Å². The van der Waals surface area contributed by atoms with E-state index < -0.39 is 0 Å². The fourth-order valence-electron chi connectivity index (χ4n) is 2.17. The van der Waals surface area contributed by atoms with Crippen LogP contribution in [0.4, 0.5) is 0 Å². The molecule has 0 saturated heterocycles. The number of carbonyl (C=O) groups excluding carboxylic acids is 1. The Kier molecular flexibility index (Phi) is 5.62. The lowest BCUT2D eigenvalue weighted by molar-refractivity contribution is 0.0917. The highest BCUT2D eigenvalue weighted by Crippen LogP contribution is 2.29. The first-order chi connectivity index (χ1) is 11.1. The van der Waals surface area contributed by atoms with Crippen molar-refractivity contribution >= 4 is 5.91 Å². The minimum atomic E-state index is -0.311. The summed E-state index contributed by atoms with van der Waals surface area (Å²) < 4.78 is 10.1. The quantitative estimate of drug-likeness (QED) is 0.820. The van der Waals surface area contributed by atoms with Crippen LogP contribution in [-0.4, -0.2) is 29.8 Å². The van der Waals surface area contributed by atoms with Crippen molar-refractivity contribution < 1.29 is 19.2 Å². The lowest BCUT2D eigenvalue weighted by Gasteiger charge is -2.08. The Morgan fingerprint density at radius 2 is 2.26 bits per heavy atom. The number of benzene rings is 1. The Labute approximate surface area is 135 Å². The molecule has 1 heterocycles. The van der Waals surface area contributed by atoms with Gasteiger partial charge in [0.25, 0.3) is 5.91 Å². The van der Waals surface area contributed by atoms with Crippen LogP contribution in [0.2, 0.25) is 0 Å². The molecular weight excluding hydrogens is 296 g/mol. The highest BCUT2D eigenvalue weighted by molar-refractivity contribution is 5.91. The monoisotopic (exact) mass is 318 g/mol. The largest absolute Gasteiger partial charge is 0.504 e. The van der Waals surface area contributed by atoms with Crippen LogP contribution in [0, 0.1) is 0 Å². The number of nitrogens with zero attached hydrogens (tertiary/aromatic N) is 1. The van der Waals surface area contributed by atoms with E-state index >= 15 is 0 Å². The molecule has 6 heteroatoms. The number of aromatic hydroxyl groups is 1. The summed E-state index contributed by atoms with van der Waals surface area (Å²) in [5.41, 5.74) is 1.49. The van der Waals surface area contributed by atoms with Gasteiger partial charge < -0.3 is 19.7 Å². The number of para-hydroxylation sites is 1. The third-order valence-electron chi connectivity index (χ3n) is 3.85. The molecule has 1 aromatic carbocycles. The van der Waals surface area contributed by atoms with Gasteiger partial charge in [-0.15, -0.1) is 0 Å². The average Bonchev–Trinajstić information content (AvgIpc) is 3.05. The summed E-state index contributed by atoms with van der Waals surface area (Å²) in [6.07, 6.45) is 1.42. The number of ether oxygens (including phenoxy) is 1. The molecule has 0 aliphatic carbocycles. The van der Waals surface area contributed by atoms with Crippen LogP contribution in [0.1, 0.15) is 48.0 Å². The second kappa shape index (κ2) is 7.67. The molecule has 2 aromatic rings. The van der Waals surface area contributed by atoms with E-state index in [0.717, 1.165) is 12.1 Å². The molecule has 6 nitrogen and oxygen atoms in total. The number of rotatable bonds is 7. The molecule has 2 N–H and O–H groups in total. The first-order valence-corrected chi connectivity index (χ1v) is 7.66. The van der Waals surface area contributed by atoms with Crippen molar-refractivity contribution in [3.63, 3.8) is 0 Å². The standard InChI is InChI=1S/C17H22N2O4/c1-4-11(2)13-10-15(23-19-13)17(21)18-9-8-12-6-5-7-14(22-3)16(12)20/h5-7,10-11,20H,4,8-9H2,1-3H3,(H,18,21)/t11-/m0/s1. The molecule has 0 aliphatic rings. The van der Waals surface area contributed by atoms with Crippen molar-refractivity contribution in [1.29, 1.82) is 0 Å². The van der Waals surface area contributed by atoms with Crippen LogP contribution in [0.15, 0.2) is 28.8 Å². The number of amides is 1. The number of methoxy groups -OCH3 is 1. The van der Waals surface area contributed by atoms with Gasteiger partial charge in [0.1, 0.15) is 0 Å². The zero-order valence-electron chi connectivity index (χ0n) is 13.6. The molecule has 0 bridgehead atoms. The van der Waals surface area contributed by atoms with Gasteiger partial charge in [0.2, 0.25) is 5.76 Å². The number of hydrogen-bond acceptors (Lipinski definition) is 5. The highest BCUT2D eigenvalue weighted by atomic mass is 16.5. The number of phenolic OH excluding ortho intramolecular Hbond substituents is 1.